The maximum atomic E-state index is 9.71. The van der Waals surface area contributed by atoms with E-state index in [-0.39, 0.29) is 13.2 Å². The van der Waals surface area contributed by atoms with Crippen molar-refractivity contribution in [1.82, 2.24) is 0 Å². The van der Waals surface area contributed by atoms with Crippen LogP contribution in [0.1, 0.15) is 11.1 Å². The summed E-state index contributed by atoms with van der Waals surface area (Å²) < 4.78 is 0. The minimum Gasteiger partial charge on any atom is -0.392 e. The highest BCUT2D eigenvalue weighted by atomic mass is 16.3. The van der Waals surface area contributed by atoms with Gasteiger partial charge in [-0.3, -0.25) is 0 Å². The van der Waals surface area contributed by atoms with Crippen LogP contribution in [0, 0.1) is 0 Å². The molecule has 5 rings (SSSR count). The second-order valence-electron chi connectivity index (χ2n) is 6.36. The Morgan fingerprint density at radius 1 is 0.583 bits per heavy atom. The van der Waals surface area contributed by atoms with Crippen molar-refractivity contribution in [2.45, 2.75) is 13.2 Å². The van der Waals surface area contributed by atoms with E-state index >= 15 is 0 Å². The van der Waals surface area contributed by atoms with Crippen molar-refractivity contribution in [3.05, 3.63) is 71.8 Å². The average molecular weight is 312 g/mol. The fraction of sp³-hybridized carbons (Fsp3) is 0.0909. The third-order valence-corrected chi connectivity index (χ3v) is 5.10. The highest BCUT2D eigenvalue weighted by molar-refractivity contribution is 6.33. The van der Waals surface area contributed by atoms with E-state index in [1.54, 1.807) is 0 Å². The molecule has 0 saturated heterocycles. The van der Waals surface area contributed by atoms with E-state index in [9.17, 15) is 10.2 Å². The van der Waals surface area contributed by atoms with Gasteiger partial charge in [-0.05, 0) is 66.3 Å². The zero-order valence-corrected chi connectivity index (χ0v) is 13.1. The van der Waals surface area contributed by atoms with Crippen LogP contribution in [0.2, 0.25) is 0 Å². The smallest absolute Gasteiger partial charge is 0.0687 e. The van der Waals surface area contributed by atoms with Crippen LogP contribution in [-0.4, -0.2) is 10.2 Å². The van der Waals surface area contributed by atoms with Gasteiger partial charge < -0.3 is 10.2 Å². The van der Waals surface area contributed by atoms with Gasteiger partial charge in [-0.25, -0.2) is 0 Å². The molecule has 0 spiro atoms. The molecule has 0 aliphatic carbocycles. The summed E-state index contributed by atoms with van der Waals surface area (Å²) in [4.78, 5) is 0. The Kier molecular flexibility index (Phi) is 2.81. The number of hydrogen-bond donors (Lipinski definition) is 2. The molecule has 5 aromatic rings. The van der Waals surface area contributed by atoms with Gasteiger partial charge in [0.15, 0.2) is 0 Å². The second kappa shape index (κ2) is 4.91. The number of aliphatic hydroxyl groups excluding tert-OH is 2. The highest BCUT2D eigenvalue weighted by Crippen LogP contribution is 2.41. The van der Waals surface area contributed by atoms with E-state index in [1.165, 1.54) is 32.3 Å². The monoisotopic (exact) mass is 312 g/mol. The Morgan fingerprint density at radius 2 is 1.29 bits per heavy atom. The van der Waals surface area contributed by atoms with E-state index in [2.05, 4.69) is 48.5 Å². The Balaban J connectivity index is 2.17. The van der Waals surface area contributed by atoms with Crippen LogP contribution in [0.4, 0.5) is 0 Å². The molecule has 0 aliphatic heterocycles. The molecule has 0 fully saturated rings. The summed E-state index contributed by atoms with van der Waals surface area (Å²) in [6.45, 7) is 0.0701. The second-order valence-corrected chi connectivity index (χ2v) is 6.36. The number of hydrogen-bond acceptors (Lipinski definition) is 2. The lowest BCUT2D eigenvalue weighted by Crippen LogP contribution is -1.92. The average Bonchev–Trinajstić information content (AvgIpc) is 2.65. The fourth-order valence-electron chi connectivity index (χ4n) is 4.07. The molecule has 0 heterocycles. The van der Waals surface area contributed by atoms with Crippen molar-refractivity contribution in [3.63, 3.8) is 0 Å². The Morgan fingerprint density at radius 3 is 2.08 bits per heavy atom. The first kappa shape index (κ1) is 13.7. The summed E-state index contributed by atoms with van der Waals surface area (Å²) in [6.07, 6.45) is 0. The van der Waals surface area contributed by atoms with Gasteiger partial charge in [0.25, 0.3) is 0 Å². The number of rotatable bonds is 2. The van der Waals surface area contributed by atoms with Crippen molar-refractivity contribution in [1.29, 1.82) is 0 Å². The van der Waals surface area contributed by atoms with Gasteiger partial charge in [-0.15, -0.1) is 0 Å². The van der Waals surface area contributed by atoms with E-state index in [0.717, 1.165) is 21.9 Å². The van der Waals surface area contributed by atoms with Crippen molar-refractivity contribution < 1.29 is 10.2 Å². The quantitative estimate of drug-likeness (QED) is 0.366. The first-order valence-corrected chi connectivity index (χ1v) is 8.14. The first-order chi connectivity index (χ1) is 11.8. The normalized spacial score (nSPS) is 12.1. The van der Waals surface area contributed by atoms with E-state index in [4.69, 9.17) is 0 Å². The first-order valence-electron chi connectivity index (χ1n) is 8.14. The minimum absolute atomic E-state index is 0.0344. The highest BCUT2D eigenvalue weighted by Gasteiger charge is 2.14. The summed E-state index contributed by atoms with van der Waals surface area (Å²) >= 11 is 0. The summed E-state index contributed by atoms with van der Waals surface area (Å²) in [5, 5.41) is 28.8. The molecule has 0 radical (unpaired) electrons. The molecule has 0 aliphatic rings. The van der Waals surface area contributed by atoms with Crippen molar-refractivity contribution in [2.24, 2.45) is 0 Å². The zero-order valence-electron chi connectivity index (χ0n) is 13.1. The van der Waals surface area contributed by atoms with Crippen LogP contribution < -0.4 is 0 Å². The van der Waals surface area contributed by atoms with Gasteiger partial charge in [-0.2, -0.15) is 0 Å². The molecule has 2 heteroatoms. The topological polar surface area (TPSA) is 40.5 Å². The van der Waals surface area contributed by atoms with Crippen LogP contribution in [0.3, 0.4) is 0 Å². The third-order valence-electron chi connectivity index (χ3n) is 5.10. The van der Waals surface area contributed by atoms with Gasteiger partial charge in [0.05, 0.1) is 13.2 Å². The van der Waals surface area contributed by atoms with E-state index in [1.807, 2.05) is 12.1 Å². The van der Waals surface area contributed by atoms with Crippen LogP contribution in [0.25, 0.3) is 43.1 Å². The Labute approximate surface area is 138 Å². The molecule has 0 amide bonds. The fourth-order valence-corrected chi connectivity index (χ4v) is 4.07. The summed E-state index contributed by atoms with van der Waals surface area (Å²) in [5.41, 5.74) is 1.87. The van der Waals surface area contributed by atoms with E-state index in [0.29, 0.717) is 0 Å². The van der Waals surface area contributed by atoms with Crippen molar-refractivity contribution >= 4 is 43.1 Å². The number of aliphatic hydroxyl groups is 2. The van der Waals surface area contributed by atoms with Crippen LogP contribution in [0.5, 0.6) is 0 Å². The SMILES string of the molecule is OCc1cc2cccc3c4ccc(CO)c5cccc(c(c1)c23)c54. The largest absolute Gasteiger partial charge is 0.392 e. The van der Waals surface area contributed by atoms with Crippen LogP contribution in [-0.2, 0) is 13.2 Å². The molecule has 0 unspecified atom stereocenters. The molecular formula is C22H16O2. The van der Waals surface area contributed by atoms with Crippen molar-refractivity contribution in [3.8, 4) is 0 Å². The third kappa shape index (κ3) is 1.67. The lowest BCUT2D eigenvalue weighted by molar-refractivity contribution is 0.282. The Hall–Kier alpha value is -2.68. The molecule has 0 atom stereocenters. The molecule has 5 aromatic carbocycles. The van der Waals surface area contributed by atoms with Gasteiger partial charge in [0.1, 0.15) is 0 Å². The van der Waals surface area contributed by atoms with Crippen LogP contribution >= 0.6 is 0 Å². The molecule has 0 aromatic heterocycles. The maximum Gasteiger partial charge on any atom is 0.0687 e. The molecule has 0 bridgehead atoms. The maximum absolute atomic E-state index is 9.71. The van der Waals surface area contributed by atoms with Crippen LogP contribution in [0.15, 0.2) is 60.7 Å². The summed E-state index contributed by atoms with van der Waals surface area (Å²) in [6, 6.07) is 20.9. The van der Waals surface area contributed by atoms with E-state index < -0.39 is 0 Å². The molecular weight excluding hydrogens is 296 g/mol. The molecule has 116 valence electrons. The standard InChI is InChI=1S/C22H16O2/c23-11-13-9-14-3-1-5-17-19-8-7-15(12-24)16-4-2-6-18(22(16)19)20(10-13)21(14)17/h1-10,23-24H,11-12H2. The molecule has 0 saturated carbocycles. The molecule has 2 nitrogen and oxygen atoms in total. The Bertz CT molecular complexity index is 1220. The predicted molar refractivity (Wildman–Crippen MR) is 99.5 cm³/mol. The zero-order chi connectivity index (χ0) is 16.3. The lowest BCUT2D eigenvalue weighted by atomic mass is 9.88. The molecule has 2 N–H and O–H groups in total. The van der Waals surface area contributed by atoms with Gasteiger partial charge in [-0.1, -0.05) is 48.5 Å². The number of fused-ring (bicyclic) bond motifs is 2. The van der Waals surface area contributed by atoms with Crippen molar-refractivity contribution in [2.75, 3.05) is 0 Å². The van der Waals surface area contributed by atoms with Gasteiger partial charge in [0, 0.05) is 0 Å². The lowest BCUT2D eigenvalue weighted by Gasteiger charge is -2.16. The number of benzene rings is 5. The summed E-state index contributed by atoms with van der Waals surface area (Å²) in [5.74, 6) is 0. The van der Waals surface area contributed by atoms with Gasteiger partial charge in [0.2, 0.25) is 0 Å². The minimum atomic E-state index is 0.0344. The predicted octanol–water partition coefficient (Wildman–Crippen LogP) is 4.72. The molecule has 24 heavy (non-hydrogen) atoms. The summed E-state index contributed by atoms with van der Waals surface area (Å²) in [7, 11) is 0. The van der Waals surface area contributed by atoms with Gasteiger partial charge >= 0.3 is 0 Å².